The predicted molar refractivity (Wildman–Crippen MR) is 261 cm³/mol. The second-order valence-corrected chi connectivity index (χ2v) is 17.1. The molecule has 302 valence electrons. The fourth-order valence-corrected chi connectivity index (χ4v) is 10.9. The lowest BCUT2D eigenvalue weighted by atomic mass is 9.70. The molecule has 1 spiro atoms. The second kappa shape index (κ2) is 14.5. The van der Waals surface area contributed by atoms with E-state index in [4.69, 9.17) is 9.47 Å². The normalized spacial score (nSPS) is 15.4. The maximum Gasteiger partial charge on any atom is 0.193 e. The molecule has 1 atom stereocenters. The third kappa shape index (κ3) is 5.54. The van der Waals surface area contributed by atoms with Gasteiger partial charge in [0.15, 0.2) is 23.0 Å². The average molecular weight is 820 g/mol. The van der Waals surface area contributed by atoms with E-state index in [1.54, 1.807) is 0 Å². The Hall–Kier alpha value is -8.14. The molecule has 1 unspecified atom stereocenters. The summed E-state index contributed by atoms with van der Waals surface area (Å²) in [4.78, 5) is 2.44. The third-order valence-corrected chi connectivity index (χ3v) is 13.7. The van der Waals surface area contributed by atoms with Crippen molar-refractivity contribution in [3.8, 4) is 67.5 Å². The molecule has 0 fully saturated rings. The van der Waals surface area contributed by atoms with Crippen LogP contribution >= 0.6 is 0 Å². The fourth-order valence-electron chi connectivity index (χ4n) is 10.9. The number of ether oxygens (including phenoxy) is 2. The fraction of sp³-hybridized carbons (Fsp3) is 0.0492. The molecule has 9 aromatic rings. The topological polar surface area (TPSA) is 21.7 Å². The summed E-state index contributed by atoms with van der Waals surface area (Å²) in [7, 11) is 0. The van der Waals surface area contributed by atoms with Crippen molar-refractivity contribution in [2.24, 2.45) is 0 Å². The summed E-state index contributed by atoms with van der Waals surface area (Å²) in [6.45, 7) is 0. The van der Waals surface area contributed by atoms with Crippen molar-refractivity contribution in [1.82, 2.24) is 0 Å². The minimum atomic E-state index is -0.490. The lowest BCUT2D eigenvalue weighted by molar-refractivity contribution is 0.359. The smallest absolute Gasteiger partial charge is 0.193 e. The number of hydrogen-bond donors (Lipinski definition) is 0. The first kappa shape index (κ1) is 36.5. The standard InChI is InChI=1S/C61H41NO2/c1-3-16-40(17-4-1)42-32-34-43(35-33-42)45-21-14-23-47(37-45)62(46-22-13-20-44(36-46)41-18-5-2-6-19-41)56-30-15-31-57-60(56)64-59-39-55-51(38-58(59)63-57)50-26-9-12-29-54(50)61(55)52-27-10-7-24-48(52)49-25-8-11-28-53(49)61/h1-36,38-39,47H,37H2. The van der Waals surface area contributed by atoms with Gasteiger partial charge in [-0.3, -0.25) is 0 Å². The van der Waals surface area contributed by atoms with E-state index in [1.165, 1.54) is 72.3 Å². The zero-order chi connectivity index (χ0) is 42.2. The van der Waals surface area contributed by atoms with E-state index in [-0.39, 0.29) is 6.04 Å². The number of hydrogen-bond acceptors (Lipinski definition) is 3. The second-order valence-electron chi connectivity index (χ2n) is 17.1. The van der Waals surface area contributed by atoms with E-state index < -0.39 is 5.41 Å². The first-order chi connectivity index (χ1) is 31.7. The molecule has 3 aliphatic carbocycles. The molecule has 3 nitrogen and oxygen atoms in total. The van der Waals surface area contributed by atoms with Gasteiger partial charge >= 0.3 is 0 Å². The molecule has 0 radical (unpaired) electrons. The van der Waals surface area contributed by atoms with E-state index in [9.17, 15) is 0 Å². The minimum absolute atomic E-state index is 0.0272. The first-order valence-electron chi connectivity index (χ1n) is 22.2. The highest BCUT2D eigenvalue weighted by Gasteiger charge is 2.52. The van der Waals surface area contributed by atoms with Crippen LogP contribution in [-0.4, -0.2) is 6.04 Å². The van der Waals surface area contributed by atoms with Crippen molar-refractivity contribution >= 4 is 16.9 Å². The number of fused-ring (bicyclic) bond motifs is 12. The van der Waals surface area contributed by atoms with E-state index >= 15 is 0 Å². The van der Waals surface area contributed by atoms with Gasteiger partial charge in [0.2, 0.25) is 0 Å². The van der Waals surface area contributed by atoms with Crippen LogP contribution in [0.15, 0.2) is 231 Å². The number of benzene rings is 9. The molecule has 0 N–H and O–H groups in total. The molecule has 0 aromatic heterocycles. The third-order valence-electron chi connectivity index (χ3n) is 13.7. The number of nitrogens with zero attached hydrogens (tertiary/aromatic N) is 1. The molecule has 0 bridgehead atoms. The number of allylic oxidation sites excluding steroid dienone is 2. The van der Waals surface area contributed by atoms with Gasteiger partial charge in [0.1, 0.15) is 0 Å². The molecule has 1 heterocycles. The Morgan fingerprint density at radius 1 is 0.406 bits per heavy atom. The maximum atomic E-state index is 7.28. The van der Waals surface area contributed by atoms with E-state index in [0.29, 0.717) is 23.0 Å². The zero-order valence-corrected chi connectivity index (χ0v) is 35.0. The Morgan fingerprint density at radius 2 is 0.953 bits per heavy atom. The molecule has 1 aliphatic heterocycles. The number of rotatable bonds is 6. The van der Waals surface area contributed by atoms with E-state index in [1.807, 2.05) is 6.07 Å². The summed E-state index contributed by atoms with van der Waals surface area (Å²) in [6, 6.07) is 76.5. The van der Waals surface area contributed by atoms with Crippen molar-refractivity contribution < 1.29 is 9.47 Å². The van der Waals surface area contributed by atoms with Crippen LogP contribution in [0.25, 0.3) is 50.1 Å². The van der Waals surface area contributed by atoms with Gasteiger partial charge < -0.3 is 14.4 Å². The molecule has 0 amide bonds. The lowest BCUT2D eigenvalue weighted by Crippen LogP contribution is -2.31. The Balaban J connectivity index is 0.934. The zero-order valence-electron chi connectivity index (χ0n) is 35.0. The quantitative estimate of drug-likeness (QED) is 0.167. The first-order valence-corrected chi connectivity index (χ1v) is 22.2. The van der Waals surface area contributed by atoms with Crippen molar-refractivity contribution in [3.63, 3.8) is 0 Å². The Bertz CT molecular complexity index is 3320. The Morgan fingerprint density at radius 3 is 1.64 bits per heavy atom. The van der Waals surface area contributed by atoms with Crippen molar-refractivity contribution in [1.29, 1.82) is 0 Å². The molecule has 0 saturated carbocycles. The van der Waals surface area contributed by atoms with Gasteiger partial charge in [0.25, 0.3) is 0 Å². The van der Waals surface area contributed by atoms with Crippen molar-refractivity contribution in [2.75, 3.05) is 4.90 Å². The Labute approximate surface area is 373 Å². The van der Waals surface area contributed by atoms with Gasteiger partial charge in [-0.2, -0.15) is 0 Å². The summed E-state index contributed by atoms with van der Waals surface area (Å²) in [5.41, 5.74) is 18.8. The highest BCUT2D eigenvalue weighted by molar-refractivity contribution is 5.96. The van der Waals surface area contributed by atoms with Gasteiger partial charge in [-0.1, -0.05) is 194 Å². The van der Waals surface area contributed by atoms with E-state index in [0.717, 1.165) is 23.4 Å². The molecule has 9 aromatic carbocycles. The number of para-hydroxylation sites is 1. The highest BCUT2D eigenvalue weighted by Crippen LogP contribution is 2.65. The highest BCUT2D eigenvalue weighted by atomic mass is 16.6. The average Bonchev–Trinajstić information content (AvgIpc) is 3.83. The molecule has 13 rings (SSSR count). The predicted octanol–water partition coefficient (Wildman–Crippen LogP) is 15.8. The maximum absolute atomic E-state index is 7.28. The van der Waals surface area contributed by atoms with Crippen LogP contribution in [0.2, 0.25) is 0 Å². The van der Waals surface area contributed by atoms with Gasteiger partial charge in [-0.25, -0.2) is 0 Å². The van der Waals surface area contributed by atoms with E-state index in [2.05, 4.69) is 229 Å². The van der Waals surface area contributed by atoms with Gasteiger partial charge in [0, 0.05) is 5.69 Å². The summed E-state index contributed by atoms with van der Waals surface area (Å²) in [5.74, 6) is 2.82. The molecule has 0 saturated heterocycles. The lowest BCUT2D eigenvalue weighted by Gasteiger charge is -2.36. The van der Waals surface area contributed by atoms with Crippen LogP contribution < -0.4 is 14.4 Å². The molecular formula is C61H41NO2. The molecule has 3 heteroatoms. The SMILES string of the molecule is C1=CC(N(c2cccc(-c3ccccc3)c2)c2cccc3c2Oc2cc4c(cc2O3)-c2ccccc2C42c3ccccc3-c3ccccc32)CC(c2ccc(-c3ccccc3)cc2)=C1. The monoisotopic (exact) mass is 819 g/mol. The van der Waals surface area contributed by atoms with Crippen LogP contribution in [0.3, 0.4) is 0 Å². The Kier molecular flexibility index (Phi) is 8.26. The van der Waals surface area contributed by atoms with Crippen molar-refractivity contribution in [3.05, 3.63) is 258 Å². The molecular weight excluding hydrogens is 779 g/mol. The van der Waals surface area contributed by atoms with Crippen LogP contribution in [0.4, 0.5) is 11.4 Å². The van der Waals surface area contributed by atoms with Crippen LogP contribution in [0.1, 0.15) is 34.2 Å². The molecule has 4 aliphatic rings. The largest absolute Gasteiger partial charge is 0.449 e. The van der Waals surface area contributed by atoms with Gasteiger partial charge in [-0.15, -0.1) is 0 Å². The minimum Gasteiger partial charge on any atom is -0.449 e. The van der Waals surface area contributed by atoms with Crippen LogP contribution in [0, 0.1) is 0 Å². The van der Waals surface area contributed by atoms with Crippen molar-refractivity contribution in [2.45, 2.75) is 17.9 Å². The number of anilines is 2. The van der Waals surface area contributed by atoms with Crippen LogP contribution in [0.5, 0.6) is 23.0 Å². The molecule has 64 heavy (non-hydrogen) atoms. The van der Waals surface area contributed by atoms with Gasteiger partial charge in [-0.05, 0) is 121 Å². The summed E-state index contributed by atoms with van der Waals surface area (Å²) in [5, 5.41) is 0. The summed E-state index contributed by atoms with van der Waals surface area (Å²) in [6.07, 6.45) is 7.58. The summed E-state index contributed by atoms with van der Waals surface area (Å²) >= 11 is 0. The van der Waals surface area contributed by atoms with Crippen LogP contribution in [-0.2, 0) is 5.41 Å². The summed E-state index contributed by atoms with van der Waals surface area (Å²) < 4.78 is 14.3. The van der Waals surface area contributed by atoms with Gasteiger partial charge in [0.05, 0.1) is 17.1 Å².